The van der Waals surface area contributed by atoms with Gasteiger partial charge in [0.15, 0.2) is 0 Å². The molecule has 0 atom stereocenters. The number of nitrogens with two attached hydrogens (primary N) is 1. The zero-order valence-corrected chi connectivity index (χ0v) is 24.3. The standard InChI is InChI=1S/C32H29N5O4S/c1-18-9-11-19(12-10-18)31-30(32(38)34-2)23-16-22(28(17-29(23)41-31)37(3)42(4,39)40)25-14-21(33)15-27(36-25)26-13-20-7-5-6-8-24(20)35-26/h5-17,35H,1-4H3,(H2,33,36)(H,34,38). The van der Waals surface area contributed by atoms with Crippen LogP contribution in [0.4, 0.5) is 11.4 Å². The summed E-state index contributed by atoms with van der Waals surface area (Å²) in [6, 6.07) is 24.3. The normalized spacial score (nSPS) is 11.7. The van der Waals surface area contributed by atoms with Gasteiger partial charge in [-0.2, -0.15) is 0 Å². The minimum atomic E-state index is -3.68. The Hall–Kier alpha value is -5.09. The van der Waals surface area contributed by atoms with Crippen molar-refractivity contribution >= 4 is 49.2 Å². The molecule has 0 aliphatic heterocycles. The second-order valence-corrected chi connectivity index (χ2v) is 12.3. The zero-order chi connectivity index (χ0) is 29.8. The average molecular weight is 580 g/mol. The van der Waals surface area contributed by atoms with Crippen molar-refractivity contribution in [3.05, 3.63) is 90.0 Å². The molecular formula is C32H29N5O4S. The first-order valence-corrected chi connectivity index (χ1v) is 15.1. The number of fused-ring (bicyclic) bond motifs is 2. The second kappa shape index (κ2) is 10.1. The third kappa shape index (κ3) is 4.75. The van der Waals surface area contributed by atoms with E-state index in [1.165, 1.54) is 11.4 Å². The monoisotopic (exact) mass is 579 g/mol. The van der Waals surface area contributed by atoms with Gasteiger partial charge in [-0.1, -0.05) is 48.0 Å². The molecule has 10 heteroatoms. The van der Waals surface area contributed by atoms with E-state index in [-0.39, 0.29) is 5.91 Å². The number of nitrogens with zero attached hydrogens (tertiary/aromatic N) is 2. The Bertz CT molecular complexity index is 2080. The van der Waals surface area contributed by atoms with Gasteiger partial charge in [-0.3, -0.25) is 9.10 Å². The van der Waals surface area contributed by atoms with E-state index in [9.17, 15) is 13.2 Å². The average Bonchev–Trinajstić information content (AvgIpc) is 3.57. The number of hydrogen-bond donors (Lipinski definition) is 3. The van der Waals surface area contributed by atoms with Crippen molar-refractivity contribution in [2.45, 2.75) is 6.92 Å². The van der Waals surface area contributed by atoms with Crippen LogP contribution in [-0.2, 0) is 10.0 Å². The molecule has 212 valence electrons. The molecule has 0 saturated heterocycles. The largest absolute Gasteiger partial charge is 0.455 e. The highest BCUT2D eigenvalue weighted by molar-refractivity contribution is 7.92. The van der Waals surface area contributed by atoms with Crippen molar-refractivity contribution in [3.63, 3.8) is 0 Å². The smallest absolute Gasteiger partial charge is 0.255 e. The lowest BCUT2D eigenvalue weighted by Gasteiger charge is -2.20. The van der Waals surface area contributed by atoms with Crippen molar-refractivity contribution in [3.8, 4) is 34.0 Å². The summed E-state index contributed by atoms with van der Waals surface area (Å²) in [7, 11) is -0.658. The van der Waals surface area contributed by atoms with Gasteiger partial charge in [-0.25, -0.2) is 13.4 Å². The number of furan rings is 1. The molecule has 3 aromatic carbocycles. The summed E-state index contributed by atoms with van der Waals surface area (Å²) in [5, 5.41) is 4.25. The predicted molar refractivity (Wildman–Crippen MR) is 168 cm³/mol. The van der Waals surface area contributed by atoms with E-state index < -0.39 is 10.0 Å². The number of pyridine rings is 1. The van der Waals surface area contributed by atoms with Gasteiger partial charge in [-0.15, -0.1) is 0 Å². The number of anilines is 2. The molecule has 3 heterocycles. The number of carbonyl (C=O) groups is 1. The van der Waals surface area contributed by atoms with Crippen LogP contribution in [0.3, 0.4) is 0 Å². The molecule has 1 amide bonds. The fourth-order valence-corrected chi connectivity index (χ4v) is 5.58. The van der Waals surface area contributed by atoms with E-state index in [2.05, 4.69) is 10.3 Å². The highest BCUT2D eigenvalue weighted by atomic mass is 32.2. The summed E-state index contributed by atoms with van der Waals surface area (Å²) >= 11 is 0. The van der Waals surface area contributed by atoms with E-state index in [4.69, 9.17) is 15.1 Å². The number of aromatic nitrogens is 2. The highest BCUT2D eigenvalue weighted by Crippen LogP contribution is 2.41. The fraction of sp³-hybridized carbons (Fsp3) is 0.125. The number of nitrogens with one attached hydrogen (secondary N) is 2. The summed E-state index contributed by atoms with van der Waals surface area (Å²) in [6.45, 7) is 1.98. The van der Waals surface area contributed by atoms with Crippen LogP contribution in [0.25, 0.3) is 55.8 Å². The maximum absolute atomic E-state index is 13.2. The summed E-state index contributed by atoms with van der Waals surface area (Å²) in [5.74, 6) is 0.0487. The molecule has 0 radical (unpaired) electrons. The number of hydrogen-bond acceptors (Lipinski definition) is 6. The van der Waals surface area contributed by atoms with Gasteiger partial charge in [-0.05, 0) is 37.3 Å². The van der Waals surface area contributed by atoms with Crippen molar-refractivity contribution in [1.29, 1.82) is 0 Å². The van der Waals surface area contributed by atoms with Gasteiger partial charge in [0.25, 0.3) is 5.91 Å². The quantitative estimate of drug-likeness (QED) is 0.223. The number of sulfonamides is 1. The van der Waals surface area contributed by atoms with Crippen LogP contribution in [-0.4, -0.2) is 44.6 Å². The molecule has 6 rings (SSSR count). The molecule has 0 unspecified atom stereocenters. The van der Waals surface area contributed by atoms with Crippen LogP contribution in [0.15, 0.2) is 83.3 Å². The fourth-order valence-electron chi connectivity index (χ4n) is 5.07. The lowest BCUT2D eigenvalue weighted by Crippen LogP contribution is -2.25. The Kier molecular flexibility index (Phi) is 6.50. The Morgan fingerprint density at radius 3 is 2.40 bits per heavy atom. The Morgan fingerprint density at radius 1 is 1.00 bits per heavy atom. The third-order valence-electron chi connectivity index (χ3n) is 7.34. The first kappa shape index (κ1) is 27.1. The van der Waals surface area contributed by atoms with Crippen LogP contribution in [0.2, 0.25) is 0 Å². The first-order valence-electron chi connectivity index (χ1n) is 13.2. The van der Waals surface area contributed by atoms with Crippen LogP contribution >= 0.6 is 0 Å². The molecular weight excluding hydrogens is 550 g/mol. The predicted octanol–water partition coefficient (Wildman–Crippen LogP) is 5.96. The molecule has 0 aliphatic carbocycles. The van der Waals surface area contributed by atoms with Crippen molar-refractivity contribution in [2.24, 2.45) is 0 Å². The Labute approximate surface area is 243 Å². The molecule has 0 saturated carbocycles. The Morgan fingerprint density at radius 2 is 1.71 bits per heavy atom. The minimum absolute atomic E-state index is 0.332. The first-order chi connectivity index (χ1) is 20.0. The van der Waals surface area contributed by atoms with E-state index in [1.54, 1.807) is 31.3 Å². The van der Waals surface area contributed by atoms with Crippen LogP contribution in [0.1, 0.15) is 15.9 Å². The van der Waals surface area contributed by atoms with Crippen molar-refractivity contribution in [1.82, 2.24) is 15.3 Å². The van der Waals surface area contributed by atoms with Crippen LogP contribution in [0, 0.1) is 6.92 Å². The SMILES string of the molecule is CNC(=O)c1c(-c2ccc(C)cc2)oc2cc(N(C)S(C)(=O)=O)c(-c3cc(N)cc(-c4cc5ccccc5[nH]4)n3)cc12. The molecule has 0 bridgehead atoms. The number of aromatic amines is 1. The van der Waals surface area contributed by atoms with Crippen LogP contribution in [0.5, 0.6) is 0 Å². The van der Waals surface area contributed by atoms with Gasteiger partial charge in [0.05, 0.1) is 34.6 Å². The summed E-state index contributed by atoms with van der Waals surface area (Å²) in [4.78, 5) is 21.5. The lowest BCUT2D eigenvalue weighted by molar-refractivity contribution is 0.0964. The molecule has 4 N–H and O–H groups in total. The number of aryl methyl sites for hydroxylation is 1. The molecule has 0 spiro atoms. The number of para-hydroxylation sites is 1. The maximum Gasteiger partial charge on any atom is 0.255 e. The summed E-state index contributed by atoms with van der Waals surface area (Å²) in [5.41, 5.74) is 12.9. The van der Waals surface area contributed by atoms with Gasteiger partial charge in [0.1, 0.15) is 11.3 Å². The third-order valence-corrected chi connectivity index (χ3v) is 8.53. The number of amides is 1. The molecule has 42 heavy (non-hydrogen) atoms. The van der Waals surface area contributed by atoms with Gasteiger partial charge in [0, 0.05) is 53.3 Å². The number of nitrogen functional groups attached to an aromatic ring is 1. The molecule has 6 aromatic rings. The van der Waals surface area contributed by atoms with E-state index in [0.717, 1.165) is 34.0 Å². The van der Waals surface area contributed by atoms with E-state index in [0.29, 0.717) is 50.6 Å². The van der Waals surface area contributed by atoms with Crippen molar-refractivity contribution in [2.75, 3.05) is 30.4 Å². The highest BCUT2D eigenvalue weighted by Gasteiger charge is 2.26. The van der Waals surface area contributed by atoms with E-state index >= 15 is 0 Å². The molecule has 3 aromatic heterocycles. The number of carbonyl (C=O) groups excluding carboxylic acids is 1. The van der Waals surface area contributed by atoms with Gasteiger partial charge >= 0.3 is 0 Å². The summed E-state index contributed by atoms with van der Waals surface area (Å²) < 4.78 is 33.0. The van der Waals surface area contributed by atoms with Crippen molar-refractivity contribution < 1.29 is 17.6 Å². The topological polar surface area (TPSA) is 134 Å². The number of rotatable bonds is 6. The molecule has 0 fully saturated rings. The molecule has 9 nitrogen and oxygen atoms in total. The van der Waals surface area contributed by atoms with Gasteiger partial charge < -0.3 is 20.5 Å². The summed E-state index contributed by atoms with van der Waals surface area (Å²) in [6.07, 6.45) is 1.12. The lowest BCUT2D eigenvalue weighted by atomic mass is 10.00. The van der Waals surface area contributed by atoms with Gasteiger partial charge in [0.2, 0.25) is 10.0 Å². The minimum Gasteiger partial charge on any atom is -0.455 e. The maximum atomic E-state index is 13.2. The number of benzene rings is 3. The Balaban J connectivity index is 1.63. The van der Waals surface area contributed by atoms with Crippen LogP contribution < -0.4 is 15.4 Å². The van der Waals surface area contributed by atoms with E-state index in [1.807, 2.05) is 61.5 Å². The second-order valence-electron chi connectivity index (χ2n) is 10.3. The number of H-pyrrole nitrogens is 1. The zero-order valence-electron chi connectivity index (χ0n) is 23.5. The molecule has 0 aliphatic rings.